The third kappa shape index (κ3) is 57.2. The van der Waals surface area contributed by atoms with E-state index in [1.165, 1.54) is 148 Å². The first-order valence-electron chi connectivity index (χ1n) is 25.2. The summed E-state index contributed by atoms with van der Waals surface area (Å²) in [5.41, 5.74) is 0. The number of quaternary nitrogens is 2. The monoisotopic (exact) mass is 982 g/mol. The Bertz CT molecular complexity index is 1190. The molecule has 0 saturated carbocycles. The molecule has 0 fully saturated rings. The van der Waals surface area contributed by atoms with Gasteiger partial charge in [0.25, 0.3) is 0 Å². The maximum absolute atomic E-state index is 12.2. The van der Waals surface area contributed by atoms with Gasteiger partial charge in [0.05, 0.1) is 55.2 Å². The van der Waals surface area contributed by atoms with Crippen molar-refractivity contribution in [3.8, 4) is 0 Å². The summed E-state index contributed by atoms with van der Waals surface area (Å²) in [6.07, 6.45) is 36.8. The van der Waals surface area contributed by atoms with Crippen molar-refractivity contribution in [2.45, 2.75) is 219 Å². The number of hydrogen-bond acceptors (Lipinski definition) is 13. The minimum atomic E-state index is -4.41. The molecule has 0 aliphatic heterocycles. The fourth-order valence-electron chi connectivity index (χ4n) is 7.52. The molecule has 0 spiro atoms. The molecule has 0 rings (SSSR count). The largest absolute Gasteiger partial charge is 0.726 e. The van der Waals surface area contributed by atoms with Gasteiger partial charge in [0.2, 0.25) is 26.7 Å². The summed E-state index contributed by atoms with van der Waals surface area (Å²) in [5.74, 6) is 0.163. The number of unbranched alkanes of at least 4 members (excludes halogenated alkanes) is 24. The van der Waals surface area contributed by atoms with Gasteiger partial charge in [-0.2, -0.15) is 0 Å². The Hall–Kier alpha value is -1.03. The fraction of sp³-hybridized carbons (Fsp3) is 0.979. The lowest BCUT2D eigenvalue weighted by Crippen LogP contribution is -2.58. The molecule has 0 aromatic heterocycles. The number of carbonyl (C=O) groups excluding carboxylic acids is 1. The van der Waals surface area contributed by atoms with Crippen molar-refractivity contribution in [3.63, 3.8) is 0 Å². The number of nitrogens with one attached hydrogen (secondary N) is 1. The van der Waals surface area contributed by atoms with Crippen LogP contribution < -0.4 is 5.32 Å². The molecule has 2 unspecified atom stereocenters. The van der Waals surface area contributed by atoms with Crippen molar-refractivity contribution in [1.82, 2.24) is 5.32 Å². The Balaban J connectivity index is -0.000000460. The van der Waals surface area contributed by atoms with Crippen LogP contribution in [0.3, 0.4) is 0 Å². The van der Waals surface area contributed by atoms with Gasteiger partial charge in [0.1, 0.15) is 32.3 Å². The number of aliphatic hydroxyl groups excluding tert-OH is 4. The van der Waals surface area contributed by atoms with E-state index in [4.69, 9.17) is 10.2 Å². The molecule has 396 valence electrons. The van der Waals surface area contributed by atoms with E-state index in [1.54, 1.807) is 0 Å². The van der Waals surface area contributed by atoms with Crippen LogP contribution >= 0.6 is 0 Å². The molecule has 1 amide bonds. The molecule has 16 nitrogen and oxygen atoms in total. The summed E-state index contributed by atoms with van der Waals surface area (Å²) >= 11 is 0. The fourth-order valence-corrected chi connectivity index (χ4v) is 7.52. The average molecular weight is 982 g/mol. The van der Waals surface area contributed by atoms with E-state index >= 15 is 0 Å². The van der Waals surface area contributed by atoms with Gasteiger partial charge in [-0.1, -0.05) is 181 Å². The second-order valence-corrected chi connectivity index (χ2v) is 20.5. The second-order valence-electron chi connectivity index (χ2n) is 18.2. The zero-order chi connectivity index (χ0) is 50.3. The molecule has 0 saturated heterocycles. The van der Waals surface area contributed by atoms with E-state index in [2.05, 4.69) is 48.5 Å². The van der Waals surface area contributed by atoms with Gasteiger partial charge >= 0.3 is 0 Å². The maximum atomic E-state index is 12.2. The van der Waals surface area contributed by atoms with E-state index in [0.29, 0.717) is 41.6 Å². The number of rotatable bonds is 41. The number of likely N-dealkylation sites (N-methyl/N-ethyl adjacent to an activating group) is 2. The van der Waals surface area contributed by atoms with E-state index in [0.717, 1.165) is 46.3 Å². The normalized spacial score (nSPS) is 12.8. The number of carbonyl (C=O) groups is 1. The Morgan fingerprint density at radius 3 is 1.11 bits per heavy atom. The lowest BCUT2D eigenvalue weighted by atomic mass is 10.0. The molecule has 0 aliphatic rings. The summed E-state index contributed by atoms with van der Waals surface area (Å²) < 4.78 is 63.2. The number of nitrogens with zero attached hydrogens (tertiary/aromatic N) is 2. The molecule has 5 N–H and O–H groups in total. The summed E-state index contributed by atoms with van der Waals surface area (Å²) in [5, 5.41) is 40.8. The zero-order valence-electron chi connectivity index (χ0n) is 42.8. The lowest BCUT2D eigenvalue weighted by molar-refractivity contribution is -0.917. The van der Waals surface area contributed by atoms with Gasteiger partial charge in [-0.15, -0.1) is 0 Å². The van der Waals surface area contributed by atoms with Gasteiger partial charge in [0.15, 0.2) is 6.17 Å². The van der Waals surface area contributed by atoms with Crippen LogP contribution in [0.4, 0.5) is 0 Å². The van der Waals surface area contributed by atoms with Gasteiger partial charge < -0.3 is 43.8 Å². The highest BCUT2D eigenvalue weighted by atomic mass is 32.3. The molecule has 0 radical (unpaired) electrons. The van der Waals surface area contributed by atoms with Gasteiger partial charge in [-0.05, 0) is 12.8 Å². The third-order valence-corrected chi connectivity index (χ3v) is 12.5. The van der Waals surface area contributed by atoms with Crippen LogP contribution in [0.1, 0.15) is 207 Å². The van der Waals surface area contributed by atoms with E-state index < -0.39 is 20.8 Å². The molecule has 0 aliphatic carbocycles. The summed E-state index contributed by atoms with van der Waals surface area (Å²) in [4.78, 5) is 12.2. The third-order valence-electron chi connectivity index (χ3n) is 11.7. The van der Waals surface area contributed by atoms with Gasteiger partial charge in [-0.3, -0.25) is 13.2 Å². The number of hydrogen-bond donors (Lipinski definition) is 5. The lowest BCUT2D eigenvalue weighted by Gasteiger charge is -2.37. The Labute approximate surface area is 399 Å². The molecule has 0 aromatic rings. The Morgan fingerprint density at radius 2 is 0.831 bits per heavy atom. The minimum Gasteiger partial charge on any atom is -0.726 e. The summed E-state index contributed by atoms with van der Waals surface area (Å²) in [6, 6.07) is 0. The van der Waals surface area contributed by atoms with Crippen LogP contribution in [0, 0.1) is 0 Å². The highest BCUT2D eigenvalue weighted by Gasteiger charge is 2.27. The van der Waals surface area contributed by atoms with E-state index in [9.17, 15) is 40.9 Å². The molecular formula is C47H103N3O13S2. The summed E-state index contributed by atoms with van der Waals surface area (Å²) in [7, 11) is -1.08. The molecule has 0 bridgehead atoms. The van der Waals surface area contributed by atoms with Crippen molar-refractivity contribution in [2.75, 3.05) is 81.4 Å². The smallest absolute Gasteiger partial charge is 0.224 e. The number of amides is 1. The van der Waals surface area contributed by atoms with Crippen molar-refractivity contribution in [2.24, 2.45) is 0 Å². The van der Waals surface area contributed by atoms with Crippen LogP contribution in [0.5, 0.6) is 0 Å². The first kappa shape index (κ1) is 70.5. The topological polar surface area (TPSA) is 243 Å². The predicted molar refractivity (Wildman–Crippen MR) is 261 cm³/mol. The first-order chi connectivity index (χ1) is 30.7. The van der Waals surface area contributed by atoms with Crippen molar-refractivity contribution in [3.05, 3.63) is 0 Å². The quantitative estimate of drug-likeness (QED) is 0.0129. The predicted octanol–water partition coefficient (Wildman–Crippen LogP) is 7.83. The molecule has 65 heavy (non-hydrogen) atoms. The van der Waals surface area contributed by atoms with Crippen LogP contribution in [0.25, 0.3) is 0 Å². The average Bonchev–Trinajstić information content (AvgIpc) is 3.23. The van der Waals surface area contributed by atoms with Crippen molar-refractivity contribution in [1.29, 1.82) is 0 Å². The number of aliphatic hydroxyl groups is 4. The summed E-state index contributed by atoms with van der Waals surface area (Å²) in [6.45, 7) is 9.46. The van der Waals surface area contributed by atoms with Gasteiger partial charge in [-0.25, -0.2) is 16.8 Å². The molecule has 0 aromatic carbocycles. The maximum Gasteiger partial charge on any atom is 0.224 e. The van der Waals surface area contributed by atoms with Crippen molar-refractivity contribution >= 4 is 26.7 Å². The standard InChI is InChI=1S/C25H52N2O2.C20H44NO3.2CH4O4S/c1-5-7-8-9-10-11-12-13-14-15-16-17-18-19-20-21-25(29)26-24(6-2)27(3,4)22-23-28;1-3-4-5-6-7-8-9-10-11-12-13-14-20(24)19-21(2,15-17-22)16-18-23;2*1-5-6(2,3)4/h24,28H,5-23H2,1-4H3;20,22-24H,3-19H2,1-2H3;2*1H3,(H,2,3,4)/q;+1;;/p-1. The highest BCUT2D eigenvalue weighted by molar-refractivity contribution is 7.81. The van der Waals surface area contributed by atoms with Crippen LogP contribution in [-0.4, -0.2) is 155 Å². The van der Waals surface area contributed by atoms with Gasteiger partial charge in [0, 0.05) is 12.8 Å². The Kier molecular flexibility index (Phi) is 52.1. The SMILES string of the molecule is CCCCCCCCCCCCCC(O)C[N+](C)(CCO)CCO.CCCCCCCCCCCCCCCCCC(=O)NC(CC)[N+](C)(C)CCO.COS(=O)(=O)[O-].COS(=O)(=O)[O-]. The molecule has 2 atom stereocenters. The van der Waals surface area contributed by atoms with Crippen LogP contribution in [0.2, 0.25) is 0 Å². The first-order valence-corrected chi connectivity index (χ1v) is 27.8. The van der Waals surface area contributed by atoms with E-state index in [-0.39, 0.29) is 38.0 Å². The molecular weight excluding hydrogens is 879 g/mol. The highest BCUT2D eigenvalue weighted by Crippen LogP contribution is 2.16. The minimum absolute atomic E-state index is 0.0889. The molecule has 0 heterocycles. The Morgan fingerprint density at radius 1 is 0.538 bits per heavy atom. The van der Waals surface area contributed by atoms with Crippen molar-refractivity contribution < 1.29 is 68.5 Å². The zero-order valence-corrected chi connectivity index (χ0v) is 44.4. The van der Waals surface area contributed by atoms with E-state index in [1.807, 2.05) is 7.05 Å². The molecule has 18 heteroatoms. The van der Waals surface area contributed by atoms with Crippen LogP contribution in [-0.2, 0) is 34.0 Å². The second kappa shape index (κ2) is 48.0. The van der Waals surface area contributed by atoms with Crippen LogP contribution in [0.15, 0.2) is 0 Å².